The predicted molar refractivity (Wildman–Crippen MR) is 110 cm³/mol. The maximum absolute atomic E-state index is 12.6. The number of pyridine rings is 1. The second-order valence-corrected chi connectivity index (χ2v) is 7.94. The third kappa shape index (κ3) is 4.27. The van der Waals surface area contributed by atoms with Gasteiger partial charge in [-0.25, -0.2) is 10.1 Å². The molecule has 0 radical (unpaired) electrons. The summed E-state index contributed by atoms with van der Waals surface area (Å²) in [6.07, 6.45) is 5.10. The van der Waals surface area contributed by atoms with Crippen LogP contribution < -0.4 is 5.32 Å². The molecule has 1 amide bonds. The molecule has 4 rings (SSSR count). The van der Waals surface area contributed by atoms with Crippen molar-refractivity contribution in [3.63, 3.8) is 0 Å². The summed E-state index contributed by atoms with van der Waals surface area (Å²) in [5.74, 6) is 1.03. The number of rotatable bonds is 6. The van der Waals surface area contributed by atoms with Crippen LogP contribution in [0.4, 0.5) is 5.82 Å². The molecule has 0 aliphatic rings. The van der Waals surface area contributed by atoms with E-state index in [0.29, 0.717) is 22.1 Å². The number of nitrogens with one attached hydrogen (secondary N) is 2. The number of benzene rings is 1. The predicted octanol–water partition coefficient (Wildman–Crippen LogP) is 3.66. The summed E-state index contributed by atoms with van der Waals surface area (Å²) in [5, 5.41) is 17.3. The van der Waals surface area contributed by atoms with E-state index in [0.717, 1.165) is 24.2 Å². The van der Waals surface area contributed by atoms with Gasteiger partial charge in [0.15, 0.2) is 5.82 Å². The minimum Gasteiger partial charge on any atom is -0.305 e. The number of tetrazole rings is 1. The molecule has 3 heterocycles. The van der Waals surface area contributed by atoms with Gasteiger partial charge in [-0.2, -0.15) is 0 Å². The maximum atomic E-state index is 12.6. The zero-order valence-electron chi connectivity index (χ0n) is 16.1. The van der Waals surface area contributed by atoms with Gasteiger partial charge in [-0.15, -0.1) is 5.10 Å². The van der Waals surface area contributed by atoms with Gasteiger partial charge < -0.3 is 9.72 Å². The summed E-state index contributed by atoms with van der Waals surface area (Å²) in [5.41, 5.74) is 2.34. The van der Waals surface area contributed by atoms with Crippen LogP contribution in [0, 0.1) is 0 Å². The average molecular weight is 410 g/mol. The quantitative estimate of drug-likeness (QED) is 0.506. The Hall–Kier alpha value is -3.26. The van der Waals surface area contributed by atoms with Crippen LogP contribution >= 0.6 is 11.6 Å². The number of aryl methyl sites for hydroxylation is 1. The summed E-state index contributed by atoms with van der Waals surface area (Å²) >= 11 is 5.99. The maximum Gasteiger partial charge on any atom is 0.256 e. The van der Waals surface area contributed by atoms with Gasteiger partial charge in [0.2, 0.25) is 0 Å². The third-order valence-electron chi connectivity index (χ3n) is 4.96. The van der Waals surface area contributed by atoms with E-state index in [1.54, 1.807) is 28.9 Å². The Kier molecular flexibility index (Phi) is 5.02. The van der Waals surface area contributed by atoms with Crippen molar-refractivity contribution in [2.75, 3.05) is 5.32 Å². The molecule has 3 aromatic heterocycles. The first-order valence-electron chi connectivity index (χ1n) is 9.19. The number of carbonyl (C=O) groups excluding carboxylic acids is 1. The molecular formula is C20H20ClN7O. The van der Waals surface area contributed by atoms with Crippen molar-refractivity contribution in [2.24, 2.45) is 0 Å². The number of nitrogens with zero attached hydrogens (tertiary/aromatic N) is 5. The molecule has 0 saturated carbocycles. The third-order valence-corrected chi connectivity index (χ3v) is 5.18. The van der Waals surface area contributed by atoms with Gasteiger partial charge in [-0.1, -0.05) is 37.6 Å². The van der Waals surface area contributed by atoms with E-state index in [1.807, 2.05) is 24.3 Å². The first-order valence-corrected chi connectivity index (χ1v) is 9.57. The number of anilines is 1. The first-order chi connectivity index (χ1) is 13.9. The molecule has 2 N–H and O–H groups in total. The van der Waals surface area contributed by atoms with E-state index in [2.05, 4.69) is 44.8 Å². The largest absolute Gasteiger partial charge is 0.305 e. The highest BCUT2D eigenvalue weighted by atomic mass is 35.5. The zero-order valence-corrected chi connectivity index (χ0v) is 16.8. The van der Waals surface area contributed by atoms with Gasteiger partial charge in [0.05, 0.1) is 11.2 Å². The molecule has 0 unspecified atom stereocenters. The standard InChI is InChI=1S/C20H20ClN7O/c1-20(2,10-9-16-24-26-27-25-16)14-5-3-13(4-6-14)19(29)23-17-12-28-11-15(21)7-8-18(28)22-17/h3-8,11-12H,9-10H2,1-2H3,(H,23,29)(H,24,25,26,27). The molecule has 1 aromatic carbocycles. The normalized spacial score (nSPS) is 11.7. The van der Waals surface area contributed by atoms with Crippen LogP contribution in [0.25, 0.3) is 5.65 Å². The Morgan fingerprint density at radius 1 is 1.17 bits per heavy atom. The highest BCUT2D eigenvalue weighted by Crippen LogP contribution is 2.28. The molecule has 9 heteroatoms. The van der Waals surface area contributed by atoms with E-state index < -0.39 is 0 Å². The van der Waals surface area contributed by atoms with Gasteiger partial charge in [-0.05, 0) is 52.1 Å². The van der Waals surface area contributed by atoms with Crippen LogP contribution in [0.3, 0.4) is 0 Å². The number of hydrogen-bond acceptors (Lipinski definition) is 5. The Balaban J connectivity index is 1.44. The molecule has 0 atom stereocenters. The number of aromatic nitrogens is 6. The van der Waals surface area contributed by atoms with Crippen molar-refractivity contribution in [1.29, 1.82) is 0 Å². The highest BCUT2D eigenvalue weighted by molar-refractivity contribution is 6.30. The Labute approximate surface area is 172 Å². The van der Waals surface area contributed by atoms with Gasteiger partial charge in [0, 0.05) is 18.2 Å². The molecular weight excluding hydrogens is 390 g/mol. The number of H-pyrrole nitrogens is 1. The van der Waals surface area contributed by atoms with E-state index in [-0.39, 0.29) is 11.3 Å². The fraction of sp³-hybridized carbons (Fsp3) is 0.250. The SMILES string of the molecule is CC(C)(CCc1nnn[nH]1)c1ccc(C(=O)Nc2cn3cc(Cl)ccc3n2)cc1. The molecule has 0 spiro atoms. The smallest absolute Gasteiger partial charge is 0.256 e. The van der Waals surface area contributed by atoms with Gasteiger partial charge in [0.1, 0.15) is 11.5 Å². The highest BCUT2D eigenvalue weighted by Gasteiger charge is 2.21. The van der Waals surface area contributed by atoms with Gasteiger partial charge in [0.25, 0.3) is 5.91 Å². The minimum atomic E-state index is -0.211. The lowest BCUT2D eigenvalue weighted by atomic mass is 9.80. The number of halogens is 1. The summed E-state index contributed by atoms with van der Waals surface area (Å²) in [6, 6.07) is 11.2. The van der Waals surface area contributed by atoms with Gasteiger partial charge in [-0.3, -0.25) is 4.79 Å². The molecule has 4 aromatic rings. The van der Waals surface area contributed by atoms with E-state index in [1.165, 1.54) is 0 Å². The Morgan fingerprint density at radius 2 is 1.97 bits per heavy atom. The van der Waals surface area contributed by atoms with E-state index >= 15 is 0 Å². The fourth-order valence-corrected chi connectivity index (χ4v) is 3.31. The lowest BCUT2D eigenvalue weighted by Gasteiger charge is -2.25. The minimum absolute atomic E-state index is 0.0807. The topological polar surface area (TPSA) is 101 Å². The molecule has 148 valence electrons. The number of imidazole rings is 1. The zero-order chi connectivity index (χ0) is 20.4. The lowest BCUT2D eigenvalue weighted by Crippen LogP contribution is -2.19. The number of carbonyl (C=O) groups is 1. The van der Waals surface area contributed by atoms with Crippen LogP contribution in [-0.4, -0.2) is 35.9 Å². The van der Waals surface area contributed by atoms with Crippen molar-refractivity contribution in [1.82, 2.24) is 30.0 Å². The monoisotopic (exact) mass is 409 g/mol. The summed E-state index contributed by atoms with van der Waals surface area (Å²) in [7, 11) is 0. The number of amides is 1. The van der Waals surface area contributed by atoms with Crippen LogP contribution in [0.1, 0.15) is 42.0 Å². The van der Waals surface area contributed by atoms with Crippen molar-refractivity contribution < 1.29 is 4.79 Å². The Morgan fingerprint density at radius 3 is 2.69 bits per heavy atom. The molecule has 0 saturated heterocycles. The van der Waals surface area contributed by atoms with Crippen LogP contribution in [-0.2, 0) is 11.8 Å². The molecule has 0 aliphatic heterocycles. The summed E-state index contributed by atoms with van der Waals surface area (Å²) in [6.45, 7) is 4.32. The molecule has 8 nitrogen and oxygen atoms in total. The second kappa shape index (κ2) is 7.63. The summed E-state index contributed by atoms with van der Waals surface area (Å²) in [4.78, 5) is 17.0. The van der Waals surface area contributed by atoms with Crippen molar-refractivity contribution in [3.05, 3.63) is 70.8 Å². The summed E-state index contributed by atoms with van der Waals surface area (Å²) < 4.78 is 1.77. The number of hydrogen-bond donors (Lipinski definition) is 2. The number of aromatic amines is 1. The molecule has 0 fully saturated rings. The van der Waals surface area contributed by atoms with Gasteiger partial charge >= 0.3 is 0 Å². The van der Waals surface area contributed by atoms with Crippen LogP contribution in [0.5, 0.6) is 0 Å². The molecule has 0 aliphatic carbocycles. The molecule has 0 bridgehead atoms. The number of fused-ring (bicyclic) bond motifs is 1. The van der Waals surface area contributed by atoms with Crippen molar-refractivity contribution in [3.8, 4) is 0 Å². The van der Waals surface area contributed by atoms with Crippen molar-refractivity contribution >= 4 is 29.0 Å². The van der Waals surface area contributed by atoms with Crippen LogP contribution in [0.15, 0.2) is 48.8 Å². The Bertz CT molecular complexity index is 1130. The average Bonchev–Trinajstić information content (AvgIpc) is 3.35. The first kappa shape index (κ1) is 19.1. The fourth-order valence-electron chi connectivity index (χ4n) is 3.15. The van der Waals surface area contributed by atoms with Crippen LogP contribution in [0.2, 0.25) is 5.02 Å². The van der Waals surface area contributed by atoms with E-state index in [4.69, 9.17) is 11.6 Å². The second-order valence-electron chi connectivity index (χ2n) is 7.50. The van der Waals surface area contributed by atoms with E-state index in [9.17, 15) is 4.79 Å². The van der Waals surface area contributed by atoms with Crippen molar-refractivity contribution in [2.45, 2.75) is 32.1 Å². The lowest BCUT2D eigenvalue weighted by molar-refractivity contribution is 0.102. The molecule has 29 heavy (non-hydrogen) atoms.